The molecule has 0 radical (unpaired) electrons. The molecule has 23 heavy (non-hydrogen) atoms. The monoisotopic (exact) mass is 343 g/mol. The van der Waals surface area contributed by atoms with Crippen LogP contribution in [-0.4, -0.2) is 19.9 Å². The van der Waals surface area contributed by atoms with Crippen LogP contribution in [0.25, 0.3) is 10.2 Å². The zero-order valence-corrected chi connectivity index (χ0v) is 14.3. The van der Waals surface area contributed by atoms with Crippen molar-refractivity contribution in [1.29, 1.82) is 0 Å². The summed E-state index contributed by atoms with van der Waals surface area (Å²) in [5, 5.41) is 1.83. The van der Waals surface area contributed by atoms with Gasteiger partial charge < -0.3 is 5.73 Å². The number of nitrogen functional groups attached to an aromatic ring is 1. The van der Waals surface area contributed by atoms with Crippen molar-refractivity contribution in [3.63, 3.8) is 0 Å². The molecule has 0 saturated carbocycles. The number of nitrogens with two attached hydrogens (primary N) is 1. The number of hydrogen-bond acceptors (Lipinski definition) is 7. The molecule has 4 rings (SSSR count). The van der Waals surface area contributed by atoms with E-state index >= 15 is 0 Å². The fourth-order valence-corrected chi connectivity index (χ4v) is 4.91. The Morgan fingerprint density at radius 3 is 2.78 bits per heavy atom. The fourth-order valence-electron chi connectivity index (χ4n) is 2.96. The first-order chi connectivity index (χ1) is 11.3. The van der Waals surface area contributed by atoms with Gasteiger partial charge in [-0.25, -0.2) is 19.9 Å². The van der Waals surface area contributed by atoms with E-state index in [2.05, 4.69) is 15.0 Å². The number of aromatic nitrogens is 4. The summed E-state index contributed by atoms with van der Waals surface area (Å²) in [6, 6.07) is 1.81. The molecule has 0 aliphatic heterocycles. The Morgan fingerprint density at radius 1 is 1.09 bits per heavy atom. The van der Waals surface area contributed by atoms with Gasteiger partial charge in [0.25, 0.3) is 0 Å². The van der Waals surface area contributed by atoms with Crippen LogP contribution in [0.5, 0.6) is 0 Å². The summed E-state index contributed by atoms with van der Waals surface area (Å²) in [6.45, 7) is 0. The molecule has 1 aliphatic rings. The Hall–Kier alpha value is -1.73. The minimum absolute atomic E-state index is 0.624. The van der Waals surface area contributed by atoms with Crippen molar-refractivity contribution in [1.82, 2.24) is 19.9 Å². The van der Waals surface area contributed by atoms with Crippen molar-refractivity contribution in [2.75, 3.05) is 5.73 Å². The van der Waals surface area contributed by atoms with E-state index in [0.717, 1.165) is 34.0 Å². The molecule has 5 nitrogen and oxygen atoms in total. The number of thiophene rings is 1. The van der Waals surface area contributed by atoms with Gasteiger partial charge in [-0.2, -0.15) is 0 Å². The highest BCUT2D eigenvalue weighted by Crippen LogP contribution is 2.37. The number of hydrogen-bond donors (Lipinski definition) is 1. The third kappa shape index (κ3) is 3.03. The van der Waals surface area contributed by atoms with E-state index in [4.69, 9.17) is 10.7 Å². The highest BCUT2D eigenvalue weighted by atomic mass is 32.2. The van der Waals surface area contributed by atoms with Crippen LogP contribution in [-0.2, 0) is 18.6 Å². The second-order valence-corrected chi connectivity index (χ2v) is 7.62. The molecule has 7 heteroatoms. The van der Waals surface area contributed by atoms with Gasteiger partial charge in [-0.15, -0.1) is 11.3 Å². The summed E-state index contributed by atoms with van der Waals surface area (Å²) < 4.78 is 0. The Balaban J connectivity index is 1.65. The molecule has 0 unspecified atom stereocenters. The third-order valence-corrected chi connectivity index (χ3v) is 6.07. The van der Waals surface area contributed by atoms with Gasteiger partial charge in [0.15, 0.2) is 5.16 Å². The molecule has 3 aromatic heterocycles. The average Bonchev–Trinajstić information content (AvgIpc) is 2.76. The Morgan fingerprint density at radius 2 is 1.91 bits per heavy atom. The molecule has 0 amide bonds. The van der Waals surface area contributed by atoms with Crippen LogP contribution in [0.3, 0.4) is 0 Å². The zero-order chi connectivity index (χ0) is 15.6. The molecule has 2 N–H and O–H groups in total. The predicted molar refractivity (Wildman–Crippen MR) is 94.7 cm³/mol. The van der Waals surface area contributed by atoms with Gasteiger partial charge in [0.1, 0.15) is 16.5 Å². The maximum Gasteiger partial charge on any atom is 0.187 e. The number of nitrogens with zero attached hydrogens (tertiary/aromatic N) is 4. The van der Waals surface area contributed by atoms with Crippen molar-refractivity contribution in [3.05, 3.63) is 34.7 Å². The van der Waals surface area contributed by atoms with E-state index in [1.807, 2.05) is 6.07 Å². The molecule has 1 aliphatic carbocycles. The van der Waals surface area contributed by atoms with Crippen LogP contribution in [0, 0.1) is 0 Å². The molecule has 0 aromatic carbocycles. The first-order valence-electron chi connectivity index (χ1n) is 7.78. The number of fused-ring (bicyclic) bond motifs is 3. The molecule has 0 atom stereocenters. The highest BCUT2D eigenvalue weighted by molar-refractivity contribution is 7.98. The number of anilines is 1. The van der Waals surface area contributed by atoms with Gasteiger partial charge in [0.05, 0.1) is 11.1 Å². The second kappa shape index (κ2) is 6.41. The van der Waals surface area contributed by atoms with E-state index in [0.29, 0.717) is 11.6 Å². The summed E-state index contributed by atoms with van der Waals surface area (Å²) >= 11 is 3.32. The lowest BCUT2D eigenvalue weighted by Gasteiger charge is -2.04. The molecule has 0 fully saturated rings. The van der Waals surface area contributed by atoms with Gasteiger partial charge in [-0.05, 0) is 37.3 Å². The fraction of sp³-hybridized carbons (Fsp3) is 0.375. The van der Waals surface area contributed by atoms with Crippen LogP contribution < -0.4 is 5.73 Å². The van der Waals surface area contributed by atoms with Gasteiger partial charge in [0.2, 0.25) is 0 Å². The van der Waals surface area contributed by atoms with Crippen molar-refractivity contribution in [2.24, 2.45) is 0 Å². The van der Waals surface area contributed by atoms with Crippen LogP contribution in [0.2, 0.25) is 0 Å². The Kier molecular flexibility index (Phi) is 4.13. The Bertz CT molecular complexity index is 831. The molecule has 3 heterocycles. The zero-order valence-electron chi connectivity index (χ0n) is 12.7. The molecule has 0 spiro atoms. The van der Waals surface area contributed by atoms with Gasteiger partial charge in [-0.1, -0.05) is 18.2 Å². The minimum Gasteiger partial charge on any atom is -0.383 e. The normalized spacial score (nSPS) is 14.6. The maximum absolute atomic E-state index is 6.26. The van der Waals surface area contributed by atoms with Crippen molar-refractivity contribution in [3.8, 4) is 0 Å². The standard InChI is InChI=1S/C16H17N5S2/c17-14-13-10-5-2-1-3-6-11(10)23-15(13)21-12(20-14)9-22-16-18-7-4-8-19-16/h4,7-8H,1-3,5-6,9H2,(H2,17,20,21). The molecular weight excluding hydrogens is 326 g/mol. The van der Waals surface area contributed by atoms with Crippen molar-refractivity contribution in [2.45, 2.75) is 43.0 Å². The third-order valence-electron chi connectivity index (χ3n) is 4.01. The van der Waals surface area contributed by atoms with E-state index in [-0.39, 0.29) is 0 Å². The lowest BCUT2D eigenvalue weighted by molar-refractivity contribution is 0.713. The smallest absolute Gasteiger partial charge is 0.187 e. The average molecular weight is 343 g/mol. The number of aryl methyl sites for hydroxylation is 2. The van der Waals surface area contributed by atoms with Gasteiger partial charge >= 0.3 is 0 Å². The molecular formula is C16H17N5S2. The van der Waals surface area contributed by atoms with Crippen LogP contribution in [0.4, 0.5) is 5.82 Å². The lowest BCUT2D eigenvalue weighted by Crippen LogP contribution is -2.00. The van der Waals surface area contributed by atoms with E-state index in [1.165, 1.54) is 41.5 Å². The summed E-state index contributed by atoms with van der Waals surface area (Å²) in [5.74, 6) is 2.01. The largest absolute Gasteiger partial charge is 0.383 e. The summed E-state index contributed by atoms with van der Waals surface area (Å²) in [5.41, 5.74) is 7.65. The number of thioether (sulfide) groups is 1. The van der Waals surface area contributed by atoms with Crippen LogP contribution in [0.15, 0.2) is 23.6 Å². The SMILES string of the molecule is Nc1nc(CSc2ncccn2)nc2sc3c(c12)CCCCC3. The molecule has 3 aromatic rings. The van der Waals surface area contributed by atoms with Crippen molar-refractivity contribution >= 4 is 39.1 Å². The second-order valence-electron chi connectivity index (χ2n) is 5.59. The summed E-state index contributed by atoms with van der Waals surface area (Å²) in [6.07, 6.45) is 9.54. The molecule has 118 valence electrons. The molecule has 0 saturated heterocycles. The van der Waals surface area contributed by atoms with Crippen LogP contribution >= 0.6 is 23.1 Å². The molecule has 0 bridgehead atoms. The predicted octanol–water partition coefficient (Wildman–Crippen LogP) is 3.62. The van der Waals surface area contributed by atoms with E-state index in [9.17, 15) is 0 Å². The quantitative estimate of drug-likeness (QED) is 0.444. The first-order valence-corrected chi connectivity index (χ1v) is 9.58. The lowest BCUT2D eigenvalue weighted by atomic mass is 10.1. The summed E-state index contributed by atoms with van der Waals surface area (Å²) in [7, 11) is 0. The summed E-state index contributed by atoms with van der Waals surface area (Å²) in [4.78, 5) is 20.2. The van der Waals surface area contributed by atoms with E-state index < -0.39 is 0 Å². The van der Waals surface area contributed by atoms with Crippen LogP contribution in [0.1, 0.15) is 35.5 Å². The van der Waals surface area contributed by atoms with Gasteiger partial charge in [0, 0.05) is 17.3 Å². The highest BCUT2D eigenvalue weighted by Gasteiger charge is 2.19. The Labute approximate surface area is 142 Å². The first kappa shape index (κ1) is 14.8. The topological polar surface area (TPSA) is 77.6 Å². The minimum atomic E-state index is 0.624. The van der Waals surface area contributed by atoms with E-state index in [1.54, 1.807) is 23.7 Å². The maximum atomic E-state index is 6.26. The van der Waals surface area contributed by atoms with Gasteiger partial charge in [-0.3, -0.25) is 0 Å². The number of rotatable bonds is 3. The van der Waals surface area contributed by atoms with Crippen molar-refractivity contribution < 1.29 is 0 Å².